The van der Waals surface area contributed by atoms with Gasteiger partial charge in [0.05, 0.1) is 0 Å². The quantitative estimate of drug-likeness (QED) is 0.406. The molecule has 0 aliphatic carbocycles. The van der Waals surface area contributed by atoms with Gasteiger partial charge in [-0.25, -0.2) is 0 Å². The second-order valence-corrected chi connectivity index (χ2v) is 0. The largest absolute Gasteiger partial charge is 2.00 e. The fourth-order valence-electron chi connectivity index (χ4n) is 0. The predicted octanol–water partition coefficient (Wildman–Crippen LogP) is 0.380. The Morgan fingerprint density at radius 3 is 0.750 bits per heavy atom. The van der Waals surface area contributed by atoms with Gasteiger partial charge in [0.1, 0.15) is 0 Å². The van der Waals surface area contributed by atoms with Crippen LogP contribution in [0.3, 0.4) is 0 Å². The normalized spacial score (nSPS) is 0. The fourth-order valence-corrected chi connectivity index (χ4v) is 0. The molecule has 1 atom stereocenters. The van der Waals surface area contributed by atoms with E-state index in [1.807, 2.05) is 0 Å². The first kappa shape index (κ1) is 82.9. The molecule has 0 aromatic rings. The van der Waals surface area contributed by atoms with Crippen molar-refractivity contribution in [2.24, 2.45) is 0 Å². The van der Waals surface area contributed by atoms with Crippen LogP contribution in [0.2, 0.25) is 0 Å². The average molecular weight is 169 g/mol. The summed E-state index contributed by atoms with van der Waals surface area (Å²) in [4.78, 5) is 0. The van der Waals surface area contributed by atoms with Crippen LogP contribution < -0.4 is 12.3 Å². The van der Waals surface area contributed by atoms with E-state index in [0.29, 0.717) is 0 Å². The topological polar surface area (TPSA) is 70.0 Å². The molecule has 0 rings (SSSR count). The second kappa shape index (κ2) is 37.1. The molecule has 0 spiro atoms. The zero-order valence-corrected chi connectivity index (χ0v) is 5.63. The molecule has 4 heteroatoms. The minimum Gasteiger partial charge on any atom is -0.344 e. The maximum absolute atomic E-state index is 0. The molecule has 1 unspecified atom stereocenters. The Balaban J connectivity index is 0. The van der Waals surface area contributed by atoms with Gasteiger partial charge in [-0.05, 0) is 0 Å². The average Bonchev–Trinajstić information content (AvgIpc) is 0. The first-order valence-corrected chi connectivity index (χ1v) is 0. The van der Waals surface area contributed by atoms with Gasteiger partial charge < -0.3 is 12.3 Å². The van der Waals surface area contributed by atoms with Gasteiger partial charge in [-0.1, -0.05) is 0 Å². The van der Waals surface area contributed by atoms with Gasteiger partial charge in [-0.3, -0.25) is 0 Å². The molecule has 6 N–H and O–H groups in total. The van der Waals surface area contributed by atoms with Crippen molar-refractivity contribution in [3.05, 3.63) is 0 Å². The van der Waals surface area contributed by atoms with Gasteiger partial charge in [0, 0.05) is 0 Å². The van der Waals surface area contributed by atoms with Crippen LogP contribution in [0.1, 0.15) is 0 Å². The third-order valence-corrected chi connectivity index (χ3v) is 0. The van der Waals surface area contributed by atoms with Crippen molar-refractivity contribution in [2.75, 3.05) is 0 Å². The molecule has 0 aromatic heterocycles. The Morgan fingerprint density at radius 2 is 0.750 bits per heavy atom. The summed E-state index contributed by atoms with van der Waals surface area (Å²) in [7, 11) is 0. The zero-order valence-electron chi connectivity index (χ0n) is 2.47. The van der Waals surface area contributed by atoms with Crippen molar-refractivity contribution in [3.8, 4) is 0 Å². The summed E-state index contributed by atoms with van der Waals surface area (Å²) in [5, 5.41) is 0. The summed E-state index contributed by atoms with van der Waals surface area (Å²) >= 11 is 0. The molecule has 0 saturated carbocycles. The summed E-state index contributed by atoms with van der Waals surface area (Å²) in [5.41, 5.74) is 0. The molecule has 0 aliphatic heterocycles. The number of hydrogen-bond acceptors (Lipinski definition) is 2. The van der Waals surface area contributed by atoms with Gasteiger partial charge in [-0.15, -0.1) is 0 Å². The third-order valence-electron chi connectivity index (χ3n) is 0. The van der Waals surface area contributed by atoms with Crippen molar-refractivity contribution < 1.29 is 19.5 Å². The third kappa shape index (κ3) is 12.2. The summed E-state index contributed by atoms with van der Waals surface area (Å²) in [5.74, 6) is 0. The molecule has 0 saturated heterocycles. The van der Waals surface area contributed by atoms with Gasteiger partial charge in [0.2, 0.25) is 0 Å². The smallest absolute Gasteiger partial charge is 0.344 e. The van der Waals surface area contributed by atoms with Crippen molar-refractivity contribution >= 4 is 9.90 Å². The first-order chi connectivity index (χ1) is 0. The van der Waals surface area contributed by atoms with Crippen LogP contribution in [0.4, 0.5) is 0 Å². The van der Waals surface area contributed by atoms with E-state index in [1.165, 1.54) is 0 Å². The molecule has 0 amide bonds. The maximum atomic E-state index is 0. The van der Waals surface area contributed by atoms with Gasteiger partial charge in [-0.2, -0.15) is 9.90 Å². The molecule has 0 radical (unpaired) electrons. The molecule has 0 heterocycles. The van der Waals surface area contributed by atoms with Gasteiger partial charge in [0.15, 0.2) is 0 Å². The van der Waals surface area contributed by atoms with E-state index in [1.54, 1.807) is 0 Å². The summed E-state index contributed by atoms with van der Waals surface area (Å²) < 4.78 is 0. The van der Waals surface area contributed by atoms with E-state index in [0.717, 1.165) is 0 Å². The minimum absolute atomic E-state index is 0. The van der Waals surface area contributed by atoms with Crippen LogP contribution >= 0.6 is 9.90 Å². The summed E-state index contributed by atoms with van der Waals surface area (Å²) in [6.45, 7) is 0. The van der Waals surface area contributed by atoms with E-state index in [4.69, 9.17) is 0 Å². The van der Waals surface area contributed by atoms with E-state index >= 15 is 0 Å². The summed E-state index contributed by atoms with van der Waals surface area (Å²) in [6.07, 6.45) is 0. The van der Waals surface area contributed by atoms with Crippen molar-refractivity contribution in [3.63, 3.8) is 0 Å². The molecule has 0 aliphatic rings. The Hall–Kier alpha value is 0.973. The Bertz CT molecular complexity index is 6.00. The molecule has 2 nitrogen and oxygen atoms in total. The molecular weight excluding hydrogens is 160 g/mol. The van der Waals surface area contributed by atoms with Crippen LogP contribution in [0.5, 0.6) is 0 Å². The second-order valence-electron chi connectivity index (χ2n) is 0. The van der Waals surface area contributed by atoms with Crippen LogP contribution in [0.15, 0.2) is 0 Å². The van der Waals surface area contributed by atoms with E-state index in [2.05, 4.69) is 0 Å². The van der Waals surface area contributed by atoms with Crippen LogP contribution in [-0.4, -0.2) is 0 Å². The standard InChI is InChI=1S/2H3N.H3P.Ru/h3*1H3;/q;;;+2. The predicted molar refractivity (Wildman–Crippen MR) is 21.1 cm³/mol. The van der Waals surface area contributed by atoms with Crippen molar-refractivity contribution in [1.82, 2.24) is 12.3 Å². The van der Waals surface area contributed by atoms with Crippen LogP contribution in [-0.2, 0) is 19.5 Å². The molecule has 30 valence electrons. The molecule has 0 fully saturated rings. The van der Waals surface area contributed by atoms with Crippen LogP contribution in [0.25, 0.3) is 0 Å². The molecular formula is H9N2PRu+2. The fraction of sp³-hybridized carbons (Fsp3) is 0. The zero-order chi connectivity index (χ0) is 0. The Morgan fingerprint density at radius 1 is 0.750 bits per heavy atom. The minimum atomic E-state index is 0. The Kier molecular flexibility index (Phi) is 768. The Labute approximate surface area is 42.3 Å². The van der Waals surface area contributed by atoms with E-state index in [9.17, 15) is 0 Å². The maximum Gasteiger partial charge on any atom is 2.00 e. The van der Waals surface area contributed by atoms with E-state index < -0.39 is 0 Å². The monoisotopic (exact) mass is 170 g/mol. The van der Waals surface area contributed by atoms with Crippen LogP contribution in [0, 0.1) is 0 Å². The molecule has 4 heavy (non-hydrogen) atoms. The number of rotatable bonds is 0. The first-order valence-electron chi connectivity index (χ1n) is 0. The SMILES string of the molecule is N.N.P.[Ru+2]. The van der Waals surface area contributed by atoms with E-state index in [-0.39, 0.29) is 41.7 Å². The summed E-state index contributed by atoms with van der Waals surface area (Å²) in [6, 6.07) is 0. The van der Waals surface area contributed by atoms with Gasteiger partial charge in [0.25, 0.3) is 0 Å². The molecule has 0 bridgehead atoms. The number of hydrogen-bond donors (Lipinski definition) is 2. The van der Waals surface area contributed by atoms with Crippen molar-refractivity contribution in [2.45, 2.75) is 0 Å². The van der Waals surface area contributed by atoms with Gasteiger partial charge >= 0.3 is 19.5 Å². The van der Waals surface area contributed by atoms with Crippen molar-refractivity contribution in [1.29, 1.82) is 0 Å². The molecule has 0 aromatic carbocycles.